The minimum Gasteiger partial charge on any atom is -0.497 e. The first kappa shape index (κ1) is 11.9. The molecule has 0 aliphatic heterocycles. The van der Waals surface area contributed by atoms with Crippen LogP contribution in [-0.2, 0) is 11.8 Å². The number of aromatic nitrogens is 1. The fraction of sp³-hybridized carbons (Fsp3) is 0.250. The molecule has 19 heavy (non-hydrogen) atoms. The van der Waals surface area contributed by atoms with Gasteiger partial charge in [0.15, 0.2) is 5.78 Å². The maximum atomic E-state index is 12.7. The molecule has 1 aliphatic rings. The first-order chi connectivity index (χ1) is 9.15. The summed E-state index contributed by atoms with van der Waals surface area (Å²) in [5.41, 5.74) is 2.39. The first-order valence-electron chi connectivity index (χ1n) is 6.27. The molecule has 0 saturated carbocycles. The average Bonchev–Trinajstić information content (AvgIpc) is 2.72. The zero-order chi connectivity index (χ0) is 13.5. The molecule has 2 aromatic rings. The van der Waals surface area contributed by atoms with E-state index >= 15 is 0 Å². The van der Waals surface area contributed by atoms with E-state index in [1.165, 1.54) is 0 Å². The summed E-state index contributed by atoms with van der Waals surface area (Å²) >= 11 is 0. The standard InChI is InChI=1S/C16H15NO2/c1-16(12-5-7-17-8-6-12)10-11-9-13(19-2)3-4-14(11)15(16)18/h3-9H,10H2,1-2H3. The van der Waals surface area contributed by atoms with Crippen molar-refractivity contribution in [2.75, 3.05) is 7.11 Å². The van der Waals surface area contributed by atoms with Crippen molar-refractivity contribution in [2.24, 2.45) is 0 Å². The van der Waals surface area contributed by atoms with E-state index < -0.39 is 5.41 Å². The van der Waals surface area contributed by atoms with Crippen molar-refractivity contribution < 1.29 is 9.53 Å². The minimum atomic E-state index is -0.488. The van der Waals surface area contributed by atoms with Gasteiger partial charge in [-0.15, -0.1) is 0 Å². The molecule has 1 aliphatic carbocycles. The van der Waals surface area contributed by atoms with Gasteiger partial charge in [0.1, 0.15) is 5.75 Å². The minimum absolute atomic E-state index is 0.177. The van der Waals surface area contributed by atoms with E-state index in [1.807, 2.05) is 37.3 Å². The normalized spacial score (nSPS) is 21.3. The van der Waals surface area contributed by atoms with E-state index in [2.05, 4.69) is 4.98 Å². The molecule has 3 heteroatoms. The number of hydrogen-bond donors (Lipinski definition) is 0. The van der Waals surface area contributed by atoms with Crippen LogP contribution < -0.4 is 4.74 Å². The van der Waals surface area contributed by atoms with Gasteiger partial charge in [0.25, 0.3) is 0 Å². The van der Waals surface area contributed by atoms with Crippen molar-refractivity contribution in [1.82, 2.24) is 4.98 Å². The third-order valence-corrected chi connectivity index (χ3v) is 3.92. The molecular formula is C16H15NO2. The summed E-state index contributed by atoms with van der Waals surface area (Å²) in [6.07, 6.45) is 4.18. The lowest BCUT2D eigenvalue weighted by Gasteiger charge is -2.22. The maximum Gasteiger partial charge on any atom is 0.173 e. The summed E-state index contributed by atoms with van der Waals surface area (Å²) in [7, 11) is 1.64. The second-order valence-corrected chi connectivity index (χ2v) is 5.10. The third kappa shape index (κ3) is 1.73. The lowest BCUT2D eigenvalue weighted by molar-refractivity contribution is 0.0915. The van der Waals surface area contributed by atoms with Crippen LogP contribution in [0.3, 0.4) is 0 Å². The van der Waals surface area contributed by atoms with Crippen LogP contribution in [0.1, 0.15) is 28.4 Å². The molecule has 1 heterocycles. The molecule has 3 rings (SSSR count). The Balaban J connectivity index is 2.08. The van der Waals surface area contributed by atoms with Gasteiger partial charge in [-0.3, -0.25) is 9.78 Å². The molecule has 96 valence electrons. The number of nitrogens with zero attached hydrogens (tertiary/aromatic N) is 1. The summed E-state index contributed by atoms with van der Waals surface area (Å²) in [6.45, 7) is 2.00. The Bertz CT molecular complexity index is 636. The van der Waals surface area contributed by atoms with Gasteiger partial charge in [-0.05, 0) is 54.8 Å². The van der Waals surface area contributed by atoms with Crippen LogP contribution in [0.2, 0.25) is 0 Å². The number of benzene rings is 1. The van der Waals surface area contributed by atoms with Crippen LogP contribution >= 0.6 is 0 Å². The molecule has 0 fully saturated rings. The fourth-order valence-corrected chi connectivity index (χ4v) is 2.78. The second kappa shape index (κ2) is 4.19. The summed E-state index contributed by atoms with van der Waals surface area (Å²) in [6, 6.07) is 9.50. The molecule has 1 aromatic heterocycles. The van der Waals surface area contributed by atoms with E-state index in [0.717, 1.165) is 22.4 Å². The molecule has 1 unspecified atom stereocenters. The van der Waals surface area contributed by atoms with E-state index in [4.69, 9.17) is 4.74 Å². The van der Waals surface area contributed by atoms with E-state index in [1.54, 1.807) is 19.5 Å². The Labute approximate surface area is 112 Å². The van der Waals surface area contributed by atoms with Gasteiger partial charge in [-0.1, -0.05) is 0 Å². The molecule has 0 radical (unpaired) electrons. The Kier molecular flexibility index (Phi) is 2.63. The summed E-state index contributed by atoms with van der Waals surface area (Å²) in [4.78, 5) is 16.7. The highest BCUT2D eigenvalue weighted by atomic mass is 16.5. The maximum absolute atomic E-state index is 12.7. The van der Waals surface area contributed by atoms with Crippen LogP contribution in [-0.4, -0.2) is 17.9 Å². The molecule has 1 atom stereocenters. The Hall–Kier alpha value is -2.16. The van der Waals surface area contributed by atoms with Crippen molar-refractivity contribution in [3.8, 4) is 5.75 Å². The number of hydrogen-bond acceptors (Lipinski definition) is 3. The van der Waals surface area contributed by atoms with Crippen molar-refractivity contribution in [2.45, 2.75) is 18.8 Å². The van der Waals surface area contributed by atoms with E-state index in [9.17, 15) is 4.79 Å². The van der Waals surface area contributed by atoms with Crippen molar-refractivity contribution >= 4 is 5.78 Å². The largest absolute Gasteiger partial charge is 0.497 e. The summed E-state index contributed by atoms with van der Waals surface area (Å²) in [5, 5.41) is 0. The second-order valence-electron chi connectivity index (χ2n) is 5.10. The topological polar surface area (TPSA) is 39.2 Å². The molecule has 3 nitrogen and oxygen atoms in total. The number of pyridine rings is 1. The third-order valence-electron chi connectivity index (χ3n) is 3.92. The molecule has 0 bridgehead atoms. The number of ketones is 1. The quantitative estimate of drug-likeness (QED) is 0.826. The SMILES string of the molecule is COc1ccc2c(c1)CC(C)(c1ccncc1)C2=O. The number of rotatable bonds is 2. The van der Waals surface area contributed by atoms with E-state index in [0.29, 0.717) is 6.42 Å². The highest BCUT2D eigenvalue weighted by Crippen LogP contribution is 2.40. The van der Waals surface area contributed by atoms with Gasteiger partial charge in [-0.25, -0.2) is 0 Å². The fourth-order valence-electron chi connectivity index (χ4n) is 2.78. The number of carbonyl (C=O) groups is 1. The van der Waals surface area contributed by atoms with Gasteiger partial charge in [0.2, 0.25) is 0 Å². The molecular weight excluding hydrogens is 238 g/mol. The smallest absolute Gasteiger partial charge is 0.173 e. The van der Waals surface area contributed by atoms with Gasteiger partial charge >= 0.3 is 0 Å². The van der Waals surface area contributed by atoms with Gasteiger partial charge in [0, 0.05) is 18.0 Å². The van der Waals surface area contributed by atoms with Crippen molar-refractivity contribution in [3.05, 3.63) is 59.4 Å². The zero-order valence-electron chi connectivity index (χ0n) is 11.0. The molecule has 0 spiro atoms. The Morgan fingerprint density at radius 2 is 1.95 bits per heavy atom. The van der Waals surface area contributed by atoms with Crippen molar-refractivity contribution in [3.63, 3.8) is 0 Å². The molecule has 0 saturated heterocycles. The molecule has 0 amide bonds. The average molecular weight is 253 g/mol. The first-order valence-corrected chi connectivity index (χ1v) is 6.27. The zero-order valence-corrected chi connectivity index (χ0v) is 11.0. The number of fused-ring (bicyclic) bond motifs is 1. The number of methoxy groups -OCH3 is 1. The Morgan fingerprint density at radius 3 is 2.63 bits per heavy atom. The highest BCUT2D eigenvalue weighted by molar-refractivity contribution is 6.08. The number of carbonyl (C=O) groups excluding carboxylic acids is 1. The Morgan fingerprint density at radius 1 is 1.21 bits per heavy atom. The predicted molar refractivity (Wildman–Crippen MR) is 72.6 cm³/mol. The van der Waals surface area contributed by atoms with Gasteiger partial charge in [-0.2, -0.15) is 0 Å². The van der Waals surface area contributed by atoms with Crippen LogP contribution in [0.25, 0.3) is 0 Å². The van der Waals surface area contributed by atoms with Crippen LogP contribution in [0.5, 0.6) is 5.75 Å². The number of ether oxygens (including phenoxy) is 1. The van der Waals surface area contributed by atoms with Crippen LogP contribution in [0, 0.1) is 0 Å². The molecule has 0 N–H and O–H groups in total. The lowest BCUT2D eigenvalue weighted by Crippen LogP contribution is -2.29. The van der Waals surface area contributed by atoms with Gasteiger partial charge < -0.3 is 4.74 Å². The monoisotopic (exact) mass is 253 g/mol. The van der Waals surface area contributed by atoms with Crippen LogP contribution in [0.4, 0.5) is 0 Å². The predicted octanol–water partition coefficient (Wildman–Crippen LogP) is 2.79. The molecule has 1 aromatic carbocycles. The number of Topliss-reactive ketones (excluding diaryl/α,β-unsaturated/α-hetero) is 1. The van der Waals surface area contributed by atoms with E-state index in [-0.39, 0.29) is 5.78 Å². The lowest BCUT2D eigenvalue weighted by atomic mass is 9.79. The van der Waals surface area contributed by atoms with Crippen molar-refractivity contribution in [1.29, 1.82) is 0 Å². The summed E-state index contributed by atoms with van der Waals surface area (Å²) in [5.74, 6) is 0.974. The highest BCUT2D eigenvalue weighted by Gasteiger charge is 2.42. The summed E-state index contributed by atoms with van der Waals surface area (Å²) < 4.78 is 5.23. The van der Waals surface area contributed by atoms with Crippen LogP contribution in [0.15, 0.2) is 42.7 Å². The van der Waals surface area contributed by atoms with Gasteiger partial charge in [0.05, 0.1) is 12.5 Å².